The lowest BCUT2D eigenvalue weighted by atomic mass is 9.73. The molecule has 31 heavy (non-hydrogen) atoms. The Hall–Kier alpha value is -1.87. The SMILES string of the molecule is CCNC(=O)CN1CC(C2CCC3C(C2)N(C(=O)OC(C)C)C[C@H](C)N3C(C)=O)CN1. The van der Waals surface area contributed by atoms with Crippen molar-refractivity contribution in [3.63, 3.8) is 0 Å². The molecule has 0 aromatic rings. The zero-order valence-electron chi connectivity index (χ0n) is 19.6. The molecule has 0 bridgehead atoms. The van der Waals surface area contributed by atoms with Crippen molar-refractivity contribution in [1.82, 2.24) is 25.6 Å². The van der Waals surface area contributed by atoms with Gasteiger partial charge in [0.1, 0.15) is 0 Å². The van der Waals surface area contributed by atoms with Gasteiger partial charge in [0.05, 0.1) is 24.7 Å². The second-order valence-corrected chi connectivity index (χ2v) is 9.52. The van der Waals surface area contributed by atoms with E-state index in [1.54, 1.807) is 6.92 Å². The largest absolute Gasteiger partial charge is 0.447 e. The average molecular weight is 438 g/mol. The van der Waals surface area contributed by atoms with Crippen LogP contribution in [-0.4, -0.2) is 89.7 Å². The number of carbonyl (C=O) groups excluding carboxylic acids is 3. The van der Waals surface area contributed by atoms with Gasteiger partial charge in [0.2, 0.25) is 11.8 Å². The fraction of sp³-hybridized carbons (Fsp3) is 0.864. The Bertz CT molecular complexity index is 672. The Labute approximate surface area is 185 Å². The van der Waals surface area contributed by atoms with Crippen LogP contribution < -0.4 is 10.7 Å². The molecule has 2 heterocycles. The molecule has 4 unspecified atom stereocenters. The third-order valence-corrected chi connectivity index (χ3v) is 6.86. The van der Waals surface area contributed by atoms with Gasteiger partial charge in [0.15, 0.2) is 0 Å². The van der Waals surface area contributed by atoms with E-state index in [1.165, 1.54) is 0 Å². The predicted molar refractivity (Wildman–Crippen MR) is 117 cm³/mol. The number of nitrogens with zero attached hydrogens (tertiary/aromatic N) is 3. The van der Waals surface area contributed by atoms with E-state index in [1.807, 2.05) is 42.5 Å². The quantitative estimate of drug-likeness (QED) is 0.671. The second kappa shape index (κ2) is 10.2. The first-order valence-electron chi connectivity index (χ1n) is 11.7. The first-order valence-corrected chi connectivity index (χ1v) is 11.7. The van der Waals surface area contributed by atoms with Gasteiger partial charge in [0, 0.05) is 39.1 Å². The van der Waals surface area contributed by atoms with Crippen LogP contribution in [0.1, 0.15) is 53.9 Å². The van der Waals surface area contributed by atoms with E-state index in [0.29, 0.717) is 31.5 Å². The summed E-state index contributed by atoms with van der Waals surface area (Å²) >= 11 is 0. The van der Waals surface area contributed by atoms with E-state index >= 15 is 0 Å². The number of hydrogen-bond donors (Lipinski definition) is 2. The minimum Gasteiger partial charge on any atom is -0.447 e. The third kappa shape index (κ3) is 5.49. The number of likely N-dealkylation sites (N-methyl/N-ethyl adjacent to an activating group) is 1. The van der Waals surface area contributed by atoms with Gasteiger partial charge in [0.25, 0.3) is 0 Å². The fourth-order valence-electron chi connectivity index (χ4n) is 5.63. The number of ether oxygens (including phenoxy) is 1. The van der Waals surface area contributed by atoms with E-state index in [-0.39, 0.29) is 42.1 Å². The maximum atomic E-state index is 12.9. The molecule has 3 amide bonds. The maximum absolute atomic E-state index is 12.9. The van der Waals surface area contributed by atoms with Crippen LogP contribution in [0.2, 0.25) is 0 Å². The number of fused-ring (bicyclic) bond motifs is 1. The van der Waals surface area contributed by atoms with Crippen molar-refractivity contribution in [2.24, 2.45) is 11.8 Å². The molecule has 0 aromatic carbocycles. The molecule has 3 aliphatic rings. The summed E-state index contributed by atoms with van der Waals surface area (Å²) in [5, 5.41) is 4.84. The van der Waals surface area contributed by atoms with Gasteiger partial charge in [-0.15, -0.1) is 0 Å². The molecule has 5 atom stereocenters. The van der Waals surface area contributed by atoms with Crippen LogP contribution in [-0.2, 0) is 14.3 Å². The van der Waals surface area contributed by atoms with Crippen molar-refractivity contribution in [1.29, 1.82) is 0 Å². The van der Waals surface area contributed by atoms with Crippen molar-refractivity contribution in [3.8, 4) is 0 Å². The average Bonchev–Trinajstić information content (AvgIpc) is 3.14. The first-order chi connectivity index (χ1) is 14.7. The van der Waals surface area contributed by atoms with E-state index in [4.69, 9.17) is 4.74 Å². The Kier molecular flexibility index (Phi) is 7.80. The van der Waals surface area contributed by atoms with Crippen molar-refractivity contribution < 1.29 is 19.1 Å². The number of piperazine rings is 1. The third-order valence-electron chi connectivity index (χ3n) is 6.86. The molecule has 2 saturated heterocycles. The normalized spacial score (nSPS) is 31.5. The molecular formula is C22H39N5O4. The fourth-order valence-corrected chi connectivity index (χ4v) is 5.63. The lowest BCUT2D eigenvalue weighted by Crippen LogP contribution is -2.67. The molecule has 9 nitrogen and oxygen atoms in total. The molecule has 3 rings (SSSR count). The zero-order valence-corrected chi connectivity index (χ0v) is 19.6. The van der Waals surface area contributed by atoms with Crippen LogP contribution in [0.5, 0.6) is 0 Å². The number of hydrazine groups is 1. The van der Waals surface area contributed by atoms with Crippen molar-refractivity contribution >= 4 is 17.9 Å². The number of rotatable bonds is 5. The summed E-state index contributed by atoms with van der Waals surface area (Å²) in [6.45, 7) is 12.4. The molecule has 0 radical (unpaired) electrons. The van der Waals surface area contributed by atoms with E-state index in [2.05, 4.69) is 10.7 Å². The Morgan fingerprint density at radius 1 is 1.13 bits per heavy atom. The van der Waals surface area contributed by atoms with Gasteiger partial charge in [-0.05, 0) is 58.8 Å². The van der Waals surface area contributed by atoms with Crippen LogP contribution in [0.4, 0.5) is 4.79 Å². The predicted octanol–water partition coefficient (Wildman–Crippen LogP) is 1.19. The Balaban J connectivity index is 1.69. The highest BCUT2D eigenvalue weighted by molar-refractivity contribution is 5.78. The van der Waals surface area contributed by atoms with Gasteiger partial charge in [-0.2, -0.15) is 0 Å². The second-order valence-electron chi connectivity index (χ2n) is 9.52. The Morgan fingerprint density at radius 2 is 1.87 bits per heavy atom. The van der Waals surface area contributed by atoms with E-state index in [0.717, 1.165) is 32.4 Å². The highest BCUT2D eigenvalue weighted by Gasteiger charge is 2.48. The summed E-state index contributed by atoms with van der Waals surface area (Å²) in [5.41, 5.74) is 3.36. The smallest absolute Gasteiger partial charge is 0.410 e. The number of carbonyl (C=O) groups is 3. The summed E-state index contributed by atoms with van der Waals surface area (Å²) in [6.07, 6.45) is 2.32. The molecule has 3 fully saturated rings. The lowest BCUT2D eigenvalue weighted by Gasteiger charge is -2.54. The van der Waals surface area contributed by atoms with Gasteiger partial charge < -0.3 is 19.9 Å². The number of nitrogens with one attached hydrogen (secondary N) is 2. The van der Waals surface area contributed by atoms with Crippen LogP contribution >= 0.6 is 0 Å². The van der Waals surface area contributed by atoms with Gasteiger partial charge in [-0.3, -0.25) is 15.0 Å². The Morgan fingerprint density at radius 3 is 2.52 bits per heavy atom. The van der Waals surface area contributed by atoms with Crippen LogP contribution in [0, 0.1) is 11.8 Å². The van der Waals surface area contributed by atoms with Crippen LogP contribution in [0.15, 0.2) is 0 Å². The standard InChI is InChI=1S/C22H39N5O4/c1-6-23-21(29)13-25-12-18(10-24-25)17-7-8-19-20(9-17)26(22(30)31-14(2)3)11-15(4)27(19)16(5)28/h14-15,17-20,24H,6-13H2,1-5H3,(H,23,29)/t15-,17?,18?,19?,20?/m0/s1. The minimum absolute atomic E-state index is 0.0178. The van der Waals surface area contributed by atoms with Gasteiger partial charge >= 0.3 is 6.09 Å². The van der Waals surface area contributed by atoms with Crippen LogP contribution in [0.25, 0.3) is 0 Å². The topological polar surface area (TPSA) is 94.2 Å². The molecule has 176 valence electrons. The molecule has 9 heteroatoms. The van der Waals surface area contributed by atoms with Gasteiger partial charge in [-0.1, -0.05) is 0 Å². The van der Waals surface area contributed by atoms with Crippen LogP contribution in [0.3, 0.4) is 0 Å². The first kappa shape index (κ1) is 23.8. The molecular weight excluding hydrogens is 398 g/mol. The molecule has 2 N–H and O–H groups in total. The maximum Gasteiger partial charge on any atom is 0.410 e. The number of hydrogen-bond acceptors (Lipinski definition) is 6. The van der Waals surface area contributed by atoms with Crippen molar-refractivity contribution in [2.45, 2.75) is 78.1 Å². The molecule has 0 aromatic heterocycles. The summed E-state index contributed by atoms with van der Waals surface area (Å²) in [6, 6.07) is -0.00345. The molecule has 2 aliphatic heterocycles. The number of amides is 3. The molecule has 0 spiro atoms. The highest BCUT2D eigenvalue weighted by atomic mass is 16.6. The monoisotopic (exact) mass is 437 g/mol. The summed E-state index contributed by atoms with van der Waals surface area (Å²) in [4.78, 5) is 41.0. The summed E-state index contributed by atoms with van der Waals surface area (Å²) in [7, 11) is 0. The highest BCUT2D eigenvalue weighted by Crippen LogP contribution is 2.39. The summed E-state index contributed by atoms with van der Waals surface area (Å²) < 4.78 is 5.55. The van der Waals surface area contributed by atoms with E-state index in [9.17, 15) is 14.4 Å². The molecule has 1 saturated carbocycles. The van der Waals surface area contributed by atoms with E-state index < -0.39 is 0 Å². The molecule has 1 aliphatic carbocycles. The lowest BCUT2D eigenvalue weighted by molar-refractivity contribution is -0.142. The summed E-state index contributed by atoms with van der Waals surface area (Å²) in [5.74, 6) is 0.960. The minimum atomic E-state index is -0.275. The van der Waals surface area contributed by atoms with Crippen molar-refractivity contribution in [2.75, 3.05) is 32.7 Å². The van der Waals surface area contributed by atoms with Crippen molar-refractivity contribution in [3.05, 3.63) is 0 Å². The van der Waals surface area contributed by atoms with Gasteiger partial charge in [-0.25, -0.2) is 9.80 Å². The zero-order chi connectivity index (χ0) is 22.7.